The third-order valence-corrected chi connectivity index (χ3v) is 6.28. The van der Waals surface area contributed by atoms with Crippen molar-refractivity contribution < 1.29 is 27.5 Å². The summed E-state index contributed by atoms with van der Waals surface area (Å²) in [5.41, 5.74) is 6.70. The van der Waals surface area contributed by atoms with Gasteiger partial charge in [-0.2, -0.15) is 0 Å². The first-order valence-electron chi connectivity index (χ1n) is 10.2. The minimum absolute atomic E-state index is 0.0249. The van der Waals surface area contributed by atoms with Gasteiger partial charge in [0.2, 0.25) is 5.91 Å². The van der Waals surface area contributed by atoms with Crippen molar-refractivity contribution >= 4 is 27.5 Å². The molecule has 0 unspecified atom stereocenters. The number of methoxy groups -OCH3 is 2. The summed E-state index contributed by atoms with van der Waals surface area (Å²) in [5, 5.41) is 0. The quantitative estimate of drug-likeness (QED) is 0.424. The summed E-state index contributed by atoms with van der Waals surface area (Å²) in [6.45, 7) is 1.89. The molecule has 3 aromatic rings. The molecule has 3 aromatic carbocycles. The van der Waals surface area contributed by atoms with Crippen LogP contribution in [0.15, 0.2) is 71.6 Å². The van der Waals surface area contributed by atoms with Crippen molar-refractivity contribution in [1.82, 2.24) is 10.9 Å². The molecule has 0 aromatic heterocycles. The van der Waals surface area contributed by atoms with Gasteiger partial charge in [-0.1, -0.05) is 18.2 Å². The van der Waals surface area contributed by atoms with Gasteiger partial charge in [0, 0.05) is 11.3 Å². The summed E-state index contributed by atoms with van der Waals surface area (Å²) in [6.07, 6.45) is 0.0249. The number of sulfonamides is 1. The molecule has 0 fully saturated rings. The Morgan fingerprint density at radius 2 is 1.62 bits per heavy atom. The molecule has 9 nitrogen and oxygen atoms in total. The molecule has 0 atom stereocenters. The van der Waals surface area contributed by atoms with Crippen LogP contribution in [0.25, 0.3) is 0 Å². The predicted octanol–water partition coefficient (Wildman–Crippen LogP) is 2.82. The van der Waals surface area contributed by atoms with E-state index in [4.69, 9.17) is 9.47 Å². The van der Waals surface area contributed by atoms with E-state index >= 15 is 0 Å². The maximum absolute atomic E-state index is 12.7. The van der Waals surface area contributed by atoms with E-state index in [9.17, 15) is 18.0 Å². The molecular formula is C24H25N3O6S. The monoisotopic (exact) mass is 483 g/mol. The third kappa shape index (κ3) is 6.26. The van der Waals surface area contributed by atoms with Crippen LogP contribution in [0.3, 0.4) is 0 Å². The molecule has 2 amide bonds. The maximum atomic E-state index is 12.7. The number of carbonyl (C=O) groups excluding carboxylic acids is 2. The summed E-state index contributed by atoms with van der Waals surface area (Å²) in [5.74, 6) is 0.154. The van der Waals surface area contributed by atoms with Crippen molar-refractivity contribution in [2.45, 2.75) is 18.2 Å². The van der Waals surface area contributed by atoms with E-state index in [1.165, 1.54) is 31.4 Å². The van der Waals surface area contributed by atoms with Crippen molar-refractivity contribution in [3.63, 3.8) is 0 Å². The van der Waals surface area contributed by atoms with Gasteiger partial charge in [0.15, 0.2) is 0 Å². The molecule has 0 saturated carbocycles. The minimum Gasteiger partial charge on any atom is -0.497 e. The van der Waals surface area contributed by atoms with E-state index in [-0.39, 0.29) is 16.9 Å². The van der Waals surface area contributed by atoms with E-state index in [1.807, 2.05) is 13.0 Å². The van der Waals surface area contributed by atoms with Crippen LogP contribution >= 0.6 is 0 Å². The van der Waals surface area contributed by atoms with Crippen LogP contribution in [0.2, 0.25) is 0 Å². The van der Waals surface area contributed by atoms with Gasteiger partial charge in [0.05, 0.1) is 25.5 Å². The molecule has 0 bridgehead atoms. The van der Waals surface area contributed by atoms with E-state index in [1.54, 1.807) is 43.5 Å². The molecule has 3 rings (SSSR count). The van der Waals surface area contributed by atoms with E-state index in [0.29, 0.717) is 22.7 Å². The SMILES string of the molecule is COc1ccc(NS(=O)(=O)c2cccc(C(=O)NNC(=O)Cc3ccc(C)c(OC)c3)c2)cc1. The fourth-order valence-corrected chi connectivity index (χ4v) is 4.18. The van der Waals surface area contributed by atoms with Crippen molar-refractivity contribution in [3.8, 4) is 11.5 Å². The first-order chi connectivity index (χ1) is 16.2. The Morgan fingerprint density at radius 1 is 0.882 bits per heavy atom. The number of hydrazine groups is 1. The number of carbonyl (C=O) groups is 2. The average molecular weight is 484 g/mol. The van der Waals surface area contributed by atoms with Crippen LogP contribution in [0.4, 0.5) is 5.69 Å². The second kappa shape index (κ2) is 10.7. The highest BCUT2D eigenvalue weighted by molar-refractivity contribution is 7.92. The van der Waals surface area contributed by atoms with Gasteiger partial charge < -0.3 is 9.47 Å². The summed E-state index contributed by atoms with van der Waals surface area (Å²) in [7, 11) is -0.881. The standard InChI is InChI=1S/C24H25N3O6S/c1-16-7-8-17(13-22(16)33-3)14-23(28)25-26-24(29)18-5-4-6-21(15-18)34(30,31)27-19-9-11-20(32-2)12-10-19/h4-13,15,27H,14H2,1-3H3,(H,25,28)(H,26,29). The van der Waals surface area contributed by atoms with Crippen LogP contribution in [0.1, 0.15) is 21.5 Å². The summed E-state index contributed by atoms with van der Waals surface area (Å²) in [4.78, 5) is 24.6. The van der Waals surface area contributed by atoms with Crippen LogP contribution in [-0.2, 0) is 21.2 Å². The topological polar surface area (TPSA) is 123 Å². The highest BCUT2D eigenvalue weighted by Gasteiger charge is 2.17. The van der Waals surface area contributed by atoms with E-state index < -0.39 is 21.8 Å². The van der Waals surface area contributed by atoms with Gasteiger partial charge in [-0.3, -0.25) is 25.2 Å². The van der Waals surface area contributed by atoms with Crippen molar-refractivity contribution in [1.29, 1.82) is 0 Å². The molecule has 34 heavy (non-hydrogen) atoms. The lowest BCUT2D eigenvalue weighted by Gasteiger charge is -2.11. The second-order valence-electron chi connectivity index (χ2n) is 7.34. The summed E-state index contributed by atoms with van der Waals surface area (Å²) in [6, 6.07) is 17.2. The molecule has 0 saturated heterocycles. The molecule has 0 radical (unpaired) electrons. The number of hydrogen-bond donors (Lipinski definition) is 3. The number of rotatable bonds is 8. The molecule has 10 heteroatoms. The molecule has 0 aliphatic heterocycles. The molecule has 0 heterocycles. The molecular weight excluding hydrogens is 458 g/mol. The van der Waals surface area contributed by atoms with Crippen LogP contribution in [0, 0.1) is 6.92 Å². The highest BCUT2D eigenvalue weighted by Crippen LogP contribution is 2.21. The third-order valence-electron chi connectivity index (χ3n) is 4.90. The lowest BCUT2D eigenvalue weighted by molar-refractivity contribution is -0.121. The van der Waals surface area contributed by atoms with Gasteiger partial charge in [-0.05, 0) is 66.6 Å². The van der Waals surface area contributed by atoms with Crippen molar-refractivity contribution in [2.75, 3.05) is 18.9 Å². The van der Waals surface area contributed by atoms with Gasteiger partial charge in [0.1, 0.15) is 11.5 Å². The van der Waals surface area contributed by atoms with Crippen LogP contribution in [0.5, 0.6) is 11.5 Å². The Kier molecular flexibility index (Phi) is 7.75. The second-order valence-corrected chi connectivity index (χ2v) is 9.03. The maximum Gasteiger partial charge on any atom is 0.269 e. The Labute approximate surface area is 198 Å². The predicted molar refractivity (Wildman–Crippen MR) is 127 cm³/mol. The largest absolute Gasteiger partial charge is 0.497 e. The van der Waals surface area contributed by atoms with Gasteiger partial charge in [-0.25, -0.2) is 8.42 Å². The molecule has 0 aliphatic rings. The highest BCUT2D eigenvalue weighted by atomic mass is 32.2. The number of anilines is 1. The zero-order chi connectivity index (χ0) is 24.7. The van der Waals surface area contributed by atoms with Crippen LogP contribution in [-0.4, -0.2) is 34.5 Å². The fourth-order valence-electron chi connectivity index (χ4n) is 3.08. The number of hydrogen-bond acceptors (Lipinski definition) is 6. The zero-order valence-corrected chi connectivity index (χ0v) is 19.7. The molecule has 3 N–H and O–H groups in total. The Morgan fingerprint density at radius 3 is 2.29 bits per heavy atom. The van der Waals surface area contributed by atoms with Gasteiger partial charge >= 0.3 is 0 Å². The zero-order valence-electron chi connectivity index (χ0n) is 18.9. The Bertz CT molecular complexity index is 1290. The first kappa shape index (κ1) is 24.6. The normalized spacial score (nSPS) is 10.8. The Balaban J connectivity index is 1.63. The Hall–Kier alpha value is -4.05. The number of nitrogens with one attached hydrogen (secondary N) is 3. The van der Waals surface area contributed by atoms with Gasteiger partial charge in [0.25, 0.3) is 15.9 Å². The number of amides is 2. The average Bonchev–Trinajstić information content (AvgIpc) is 2.84. The van der Waals surface area contributed by atoms with E-state index in [2.05, 4.69) is 15.6 Å². The fraction of sp³-hybridized carbons (Fsp3) is 0.167. The number of aryl methyl sites for hydroxylation is 1. The van der Waals surface area contributed by atoms with Crippen LogP contribution < -0.4 is 25.0 Å². The summed E-state index contributed by atoms with van der Waals surface area (Å²) < 4.78 is 38.2. The number of benzene rings is 3. The van der Waals surface area contributed by atoms with Gasteiger partial charge in [-0.15, -0.1) is 0 Å². The molecule has 178 valence electrons. The van der Waals surface area contributed by atoms with Crippen molar-refractivity contribution in [3.05, 3.63) is 83.4 Å². The van der Waals surface area contributed by atoms with Crippen molar-refractivity contribution in [2.24, 2.45) is 0 Å². The molecule has 0 aliphatic carbocycles. The first-order valence-corrected chi connectivity index (χ1v) is 11.7. The number of ether oxygens (including phenoxy) is 2. The lowest BCUT2D eigenvalue weighted by atomic mass is 10.1. The molecule has 0 spiro atoms. The lowest BCUT2D eigenvalue weighted by Crippen LogP contribution is -2.42. The smallest absolute Gasteiger partial charge is 0.269 e. The minimum atomic E-state index is -3.94. The van der Waals surface area contributed by atoms with E-state index in [0.717, 1.165) is 5.56 Å². The summed E-state index contributed by atoms with van der Waals surface area (Å²) >= 11 is 0.